The molecule has 106 valence electrons. The summed E-state index contributed by atoms with van der Waals surface area (Å²) in [4.78, 5) is 21.9. The van der Waals surface area contributed by atoms with Gasteiger partial charge in [-0.15, -0.1) is 0 Å². The van der Waals surface area contributed by atoms with Crippen molar-refractivity contribution in [3.8, 4) is 0 Å². The van der Waals surface area contributed by atoms with Gasteiger partial charge in [-0.2, -0.15) is 0 Å². The van der Waals surface area contributed by atoms with Crippen molar-refractivity contribution >= 4 is 11.9 Å². The highest BCUT2D eigenvalue weighted by Crippen LogP contribution is 2.05. The minimum absolute atomic E-state index is 0.118. The van der Waals surface area contributed by atoms with E-state index in [0.717, 1.165) is 12.8 Å². The Hall–Kier alpha value is -1.10. The quantitative estimate of drug-likeness (QED) is 0.433. The van der Waals surface area contributed by atoms with Crippen LogP contribution in [0, 0.1) is 0 Å². The topological polar surface area (TPSA) is 95.4 Å². The van der Waals surface area contributed by atoms with Gasteiger partial charge >= 0.3 is 5.97 Å². The molecule has 0 saturated heterocycles. The molecule has 0 unspecified atom stereocenters. The van der Waals surface area contributed by atoms with Crippen LogP contribution >= 0.6 is 0 Å². The highest BCUT2D eigenvalue weighted by atomic mass is 16.5. The lowest BCUT2D eigenvalue weighted by Gasteiger charge is -2.10. The van der Waals surface area contributed by atoms with Crippen LogP contribution in [0.15, 0.2) is 0 Å². The summed E-state index contributed by atoms with van der Waals surface area (Å²) in [5, 5.41) is 0. The molecule has 0 saturated carbocycles. The maximum atomic E-state index is 11.4. The Morgan fingerprint density at radius 2 is 1.72 bits per heavy atom. The van der Waals surface area contributed by atoms with Gasteiger partial charge in [-0.05, 0) is 12.8 Å². The highest BCUT2D eigenvalue weighted by Gasteiger charge is 2.15. The molecule has 0 aromatic carbocycles. The second kappa shape index (κ2) is 11.0. The molecule has 0 aliphatic carbocycles. The van der Waals surface area contributed by atoms with Crippen LogP contribution in [-0.2, 0) is 14.3 Å². The number of ether oxygens (including phenoxy) is 1. The molecule has 0 aliphatic heterocycles. The van der Waals surface area contributed by atoms with E-state index < -0.39 is 17.9 Å². The number of rotatable bonds is 11. The molecule has 1 atom stereocenters. The highest BCUT2D eigenvalue weighted by molar-refractivity contribution is 5.78. The zero-order valence-corrected chi connectivity index (χ0v) is 11.3. The monoisotopic (exact) mass is 258 g/mol. The van der Waals surface area contributed by atoms with Crippen molar-refractivity contribution in [1.82, 2.24) is 0 Å². The number of primary amides is 1. The number of carbonyl (C=O) groups is 2. The smallest absolute Gasteiger partial charge is 0.322 e. The van der Waals surface area contributed by atoms with Crippen molar-refractivity contribution < 1.29 is 14.3 Å². The van der Waals surface area contributed by atoms with Crippen LogP contribution < -0.4 is 11.5 Å². The summed E-state index contributed by atoms with van der Waals surface area (Å²) in [7, 11) is 0. The SMILES string of the molecule is CCCCCCCCOC(=O)[C@@H](N)CCC(N)=O. The Morgan fingerprint density at radius 3 is 2.33 bits per heavy atom. The van der Waals surface area contributed by atoms with E-state index in [1.165, 1.54) is 25.7 Å². The molecular weight excluding hydrogens is 232 g/mol. The summed E-state index contributed by atoms with van der Waals surface area (Å²) < 4.78 is 5.03. The molecule has 0 rings (SSSR count). The van der Waals surface area contributed by atoms with Crippen molar-refractivity contribution in [3.05, 3.63) is 0 Å². The third-order valence-corrected chi connectivity index (χ3v) is 2.75. The van der Waals surface area contributed by atoms with Gasteiger partial charge in [0, 0.05) is 6.42 Å². The lowest BCUT2D eigenvalue weighted by Crippen LogP contribution is -2.33. The zero-order valence-electron chi connectivity index (χ0n) is 11.3. The Bertz CT molecular complexity index is 244. The van der Waals surface area contributed by atoms with Gasteiger partial charge in [0.25, 0.3) is 0 Å². The van der Waals surface area contributed by atoms with Crippen molar-refractivity contribution in [2.75, 3.05) is 6.61 Å². The van der Waals surface area contributed by atoms with Gasteiger partial charge in [-0.25, -0.2) is 0 Å². The van der Waals surface area contributed by atoms with E-state index >= 15 is 0 Å². The molecule has 0 fully saturated rings. The molecule has 18 heavy (non-hydrogen) atoms. The van der Waals surface area contributed by atoms with Crippen molar-refractivity contribution in [2.24, 2.45) is 11.5 Å². The Labute approximate surface area is 109 Å². The third kappa shape index (κ3) is 10.1. The summed E-state index contributed by atoms with van der Waals surface area (Å²) in [5.74, 6) is -0.890. The summed E-state index contributed by atoms with van der Waals surface area (Å²) in [6.07, 6.45) is 7.23. The molecule has 4 N–H and O–H groups in total. The van der Waals surface area contributed by atoms with E-state index in [0.29, 0.717) is 6.61 Å². The predicted molar refractivity (Wildman–Crippen MR) is 70.7 cm³/mol. The molecule has 1 amide bonds. The van der Waals surface area contributed by atoms with Crippen LogP contribution in [0.5, 0.6) is 0 Å². The third-order valence-electron chi connectivity index (χ3n) is 2.75. The Morgan fingerprint density at radius 1 is 1.11 bits per heavy atom. The van der Waals surface area contributed by atoms with Crippen molar-refractivity contribution in [3.63, 3.8) is 0 Å². The second-order valence-corrected chi connectivity index (χ2v) is 4.55. The second-order valence-electron chi connectivity index (χ2n) is 4.55. The molecule has 0 aliphatic rings. The van der Waals surface area contributed by atoms with E-state index in [1.807, 2.05) is 0 Å². The fraction of sp³-hybridized carbons (Fsp3) is 0.846. The van der Waals surface area contributed by atoms with Gasteiger partial charge in [0.2, 0.25) is 5.91 Å². The van der Waals surface area contributed by atoms with Gasteiger partial charge in [-0.1, -0.05) is 39.0 Å². The summed E-state index contributed by atoms with van der Waals surface area (Å²) in [6.45, 7) is 2.59. The maximum absolute atomic E-state index is 11.4. The van der Waals surface area contributed by atoms with Crippen molar-refractivity contribution in [1.29, 1.82) is 0 Å². The molecule has 5 nitrogen and oxygen atoms in total. The first kappa shape index (κ1) is 16.9. The Balaban J connectivity index is 3.43. The van der Waals surface area contributed by atoms with Gasteiger partial charge in [-0.3, -0.25) is 9.59 Å². The molecule has 0 aromatic rings. The van der Waals surface area contributed by atoms with Crippen LogP contribution in [0.25, 0.3) is 0 Å². The number of amides is 1. The molecular formula is C13H26N2O3. The largest absolute Gasteiger partial charge is 0.465 e. The summed E-state index contributed by atoms with van der Waals surface area (Å²) >= 11 is 0. The normalized spacial score (nSPS) is 12.1. The van der Waals surface area contributed by atoms with Crippen LogP contribution in [0.1, 0.15) is 58.3 Å². The Kier molecular flexibility index (Phi) is 10.3. The number of hydrogen-bond acceptors (Lipinski definition) is 4. The van der Waals surface area contributed by atoms with E-state index in [-0.39, 0.29) is 12.8 Å². The molecule has 0 spiro atoms. The molecule has 0 aromatic heterocycles. The minimum Gasteiger partial charge on any atom is -0.465 e. The first-order chi connectivity index (χ1) is 8.57. The summed E-state index contributed by atoms with van der Waals surface area (Å²) in [6, 6.07) is -0.738. The van der Waals surface area contributed by atoms with Crippen LogP contribution in [0.3, 0.4) is 0 Å². The molecule has 0 bridgehead atoms. The minimum atomic E-state index is -0.738. The van der Waals surface area contributed by atoms with Gasteiger partial charge in [0.1, 0.15) is 6.04 Å². The number of carbonyl (C=O) groups excluding carboxylic acids is 2. The zero-order chi connectivity index (χ0) is 13.8. The summed E-state index contributed by atoms with van der Waals surface area (Å²) in [5.41, 5.74) is 10.5. The first-order valence-electron chi connectivity index (χ1n) is 6.78. The first-order valence-corrected chi connectivity index (χ1v) is 6.78. The van der Waals surface area contributed by atoms with Crippen LogP contribution in [-0.4, -0.2) is 24.5 Å². The lowest BCUT2D eigenvalue weighted by atomic mass is 10.1. The average molecular weight is 258 g/mol. The molecule has 0 radical (unpaired) electrons. The van der Waals surface area contributed by atoms with E-state index in [1.54, 1.807) is 0 Å². The van der Waals surface area contributed by atoms with Crippen molar-refractivity contribution in [2.45, 2.75) is 64.3 Å². The number of unbranched alkanes of at least 4 members (excludes halogenated alkanes) is 5. The van der Waals surface area contributed by atoms with Gasteiger partial charge < -0.3 is 16.2 Å². The standard InChI is InChI=1S/C13H26N2O3/c1-2-3-4-5-6-7-10-18-13(17)11(14)8-9-12(15)16/h11H,2-10,14H2,1H3,(H2,15,16)/t11-/m0/s1. The predicted octanol–water partition coefficient (Wildman–Crippen LogP) is 1.48. The van der Waals surface area contributed by atoms with E-state index in [2.05, 4.69) is 6.92 Å². The fourth-order valence-corrected chi connectivity index (χ4v) is 1.58. The molecule has 0 heterocycles. The average Bonchev–Trinajstić information content (AvgIpc) is 2.34. The van der Waals surface area contributed by atoms with Gasteiger partial charge in [0.05, 0.1) is 6.61 Å². The van der Waals surface area contributed by atoms with Crippen LogP contribution in [0.4, 0.5) is 0 Å². The number of hydrogen-bond donors (Lipinski definition) is 2. The number of esters is 1. The van der Waals surface area contributed by atoms with E-state index in [9.17, 15) is 9.59 Å². The fourth-order valence-electron chi connectivity index (χ4n) is 1.58. The number of nitrogens with two attached hydrogens (primary N) is 2. The molecule has 5 heteroatoms. The van der Waals surface area contributed by atoms with Gasteiger partial charge in [0.15, 0.2) is 0 Å². The van der Waals surface area contributed by atoms with E-state index in [4.69, 9.17) is 16.2 Å². The maximum Gasteiger partial charge on any atom is 0.322 e. The lowest BCUT2D eigenvalue weighted by molar-refractivity contribution is -0.145. The van der Waals surface area contributed by atoms with Crippen LogP contribution in [0.2, 0.25) is 0 Å².